The Hall–Kier alpha value is -2.50. The van der Waals surface area contributed by atoms with Gasteiger partial charge in [-0.3, -0.25) is 0 Å². The molecule has 0 saturated heterocycles. The SMILES string of the molecule is O=c1nc2n(Cc3cncnc3)cccc-2[nH]1. The lowest BCUT2D eigenvalue weighted by molar-refractivity contribution is 0.775. The normalized spacial score (nSPS) is 10.8. The van der Waals surface area contributed by atoms with Crippen LogP contribution in [0.4, 0.5) is 0 Å². The second kappa shape index (κ2) is 3.82. The largest absolute Gasteiger partial charge is 0.347 e. The quantitative estimate of drug-likeness (QED) is 0.692. The van der Waals surface area contributed by atoms with Gasteiger partial charge in [0.15, 0.2) is 5.82 Å². The van der Waals surface area contributed by atoms with E-state index >= 15 is 0 Å². The van der Waals surface area contributed by atoms with Crippen molar-refractivity contribution >= 4 is 0 Å². The summed E-state index contributed by atoms with van der Waals surface area (Å²) in [5.41, 5.74) is 1.36. The van der Waals surface area contributed by atoms with Crippen molar-refractivity contribution in [1.82, 2.24) is 24.5 Å². The van der Waals surface area contributed by atoms with Crippen molar-refractivity contribution in [3.63, 3.8) is 0 Å². The molecule has 0 aliphatic carbocycles. The number of pyridine rings is 1. The summed E-state index contributed by atoms with van der Waals surface area (Å²) in [5.74, 6) is 0.640. The number of hydrogen-bond acceptors (Lipinski definition) is 4. The van der Waals surface area contributed by atoms with E-state index in [1.165, 1.54) is 6.33 Å². The first kappa shape index (κ1) is 9.71. The van der Waals surface area contributed by atoms with E-state index in [-0.39, 0.29) is 5.69 Å². The number of nitrogens with one attached hydrogen (secondary N) is 1. The molecule has 6 nitrogen and oxygen atoms in total. The molecule has 84 valence electrons. The van der Waals surface area contributed by atoms with Gasteiger partial charge in [0.25, 0.3) is 0 Å². The van der Waals surface area contributed by atoms with Crippen LogP contribution in [0, 0.1) is 0 Å². The van der Waals surface area contributed by atoms with E-state index in [4.69, 9.17) is 0 Å². The molecule has 0 bridgehead atoms. The van der Waals surface area contributed by atoms with Crippen LogP contribution in [0.2, 0.25) is 0 Å². The fraction of sp³-hybridized carbons (Fsp3) is 0.0909. The molecule has 0 radical (unpaired) electrons. The van der Waals surface area contributed by atoms with Crippen LogP contribution < -0.4 is 5.69 Å². The summed E-state index contributed by atoms with van der Waals surface area (Å²) in [6.45, 7) is 0.586. The predicted octanol–water partition coefficient (Wildman–Crippen LogP) is 0.514. The summed E-state index contributed by atoms with van der Waals surface area (Å²) in [4.78, 5) is 25.7. The van der Waals surface area contributed by atoms with Crippen LogP contribution in [0.25, 0.3) is 11.5 Å². The molecule has 0 spiro atoms. The highest BCUT2D eigenvalue weighted by molar-refractivity contribution is 5.50. The molecule has 0 aromatic carbocycles. The minimum atomic E-state index is -0.329. The highest BCUT2D eigenvalue weighted by Crippen LogP contribution is 2.15. The maximum Gasteiger partial charge on any atom is 0.347 e. The topological polar surface area (TPSA) is 76.5 Å². The summed E-state index contributed by atoms with van der Waals surface area (Å²) in [7, 11) is 0. The van der Waals surface area contributed by atoms with Gasteiger partial charge in [0.1, 0.15) is 6.33 Å². The Kier molecular flexibility index (Phi) is 2.18. The molecule has 0 unspecified atom stereocenters. The molecular formula is C11H9N5O. The monoisotopic (exact) mass is 227 g/mol. The standard InChI is InChI=1S/C11H9N5O/c17-11-14-9-2-1-3-16(10(9)15-11)6-8-4-12-7-13-5-8/h1-5,7H,6H2,(H,14,17). The van der Waals surface area contributed by atoms with E-state index in [0.29, 0.717) is 12.4 Å². The molecule has 2 aliphatic rings. The van der Waals surface area contributed by atoms with Crippen LogP contribution in [-0.2, 0) is 6.54 Å². The Morgan fingerprint density at radius 1 is 1.29 bits per heavy atom. The van der Waals surface area contributed by atoms with Crippen LogP contribution >= 0.6 is 0 Å². The van der Waals surface area contributed by atoms with Crippen LogP contribution in [0.5, 0.6) is 0 Å². The first-order valence-electron chi connectivity index (χ1n) is 5.12. The number of aromatic nitrogens is 5. The molecule has 1 aromatic rings. The first-order chi connectivity index (χ1) is 8.33. The van der Waals surface area contributed by atoms with Gasteiger partial charge >= 0.3 is 5.69 Å². The number of nitrogens with zero attached hydrogens (tertiary/aromatic N) is 4. The molecule has 6 heteroatoms. The van der Waals surface area contributed by atoms with Gasteiger partial charge in [-0.1, -0.05) is 0 Å². The van der Waals surface area contributed by atoms with Gasteiger partial charge in [-0.05, 0) is 12.1 Å². The number of aromatic amines is 1. The minimum absolute atomic E-state index is 0.329. The molecule has 0 fully saturated rings. The van der Waals surface area contributed by atoms with Gasteiger partial charge in [0.2, 0.25) is 0 Å². The zero-order chi connectivity index (χ0) is 11.7. The van der Waals surface area contributed by atoms with Gasteiger partial charge in [-0.2, -0.15) is 4.98 Å². The zero-order valence-corrected chi connectivity index (χ0v) is 8.87. The van der Waals surface area contributed by atoms with Crippen molar-refractivity contribution in [2.75, 3.05) is 0 Å². The Bertz CT molecular complexity index is 657. The number of hydrogen-bond donors (Lipinski definition) is 1. The molecule has 3 heterocycles. The maximum atomic E-state index is 11.2. The number of imidazole rings is 1. The number of rotatable bonds is 2. The van der Waals surface area contributed by atoms with E-state index in [0.717, 1.165) is 11.3 Å². The molecule has 17 heavy (non-hydrogen) atoms. The third-order valence-electron chi connectivity index (χ3n) is 2.46. The highest BCUT2D eigenvalue weighted by Gasteiger charge is 2.10. The maximum absolute atomic E-state index is 11.2. The second-order valence-electron chi connectivity index (χ2n) is 3.66. The summed E-state index contributed by atoms with van der Waals surface area (Å²) in [5, 5.41) is 0. The molecule has 0 atom stereocenters. The summed E-state index contributed by atoms with van der Waals surface area (Å²) < 4.78 is 1.88. The van der Waals surface area contributed by atoms with Crippen LogP contribution in [0.1, 0.15) is 5.56 Å². The smallest absolute Gasteiger partial charge is 0.327 e. The van der Waals surface area contributed by atoms with E-state index < -0.39 is 0 Å². The Morgan fingerprint density at radius 3 is 2.94 bits per heavy atom. The molecule has 0 amide bonds. The van der Waals surface area contributed by atoms with Crippen molar-refractivity contribution in [1.29, 1.82) is 0 Å². The van der Waals surface area contributed by atoms with E-state index in [1.54, 1.807) is 12.4 Å². The molecule has 3 rings (SSSR count). The lowest BCUT2D eigenvalue weighted by Gasteiger charge is -2.09. The lowest BCUT2D eigenvalue weighted by Crippen LogP contribution is -2.06. The second-order valence-corrected chi connectivity index (χ2v) is 3.66. The van der Waals surface area contributed by atoms with Crippen molar-refractivity contribution in [2.45, 2.75) is 6.54 Å². The fourth-order valence-corrected chi connectivity index (χ4v) is 1.74. The Morgan fingerprint density at radius 2 is 2.12 bits per heavy atom. The van der Waals surface area contributed by atoms with Crippen molar-refractivity contribution in [3.05, 3.63) is 53.1 Å². The van der Waals surface area contributed by atoms with Crippen molar-refractivity contribution in [3.8, 4) is 11.5 Å². The third kappa shape index (κ3) is 1.80. The van der Waals surface area contributed by atoms with Gasteiger partial charge in [0.05, 0.1) is 12.2 Å². The molecule has 2 aliphatic heterocycles. The highest BCUT2D eigenvalue weighted by atomic mass is 16.1. The number of fused-ring (bicyclic) bond motifs is 1. The van der Waals surface area contributed by atoms with Gasteiger partial charge in [-0.15, -0.1) is 0 Å². The number of H-pyrrole nitrogens is 1. The van der Waals surface area contributed by atoms with E-state index in [2.05, 4.69) is 19.9 Å². The van der Waals surface area contributed by atoms with Crippen molar-refractivity contribution in [2.24, 2.45) is 0 Å². The minimum Gasteiger partial charge on any atom is -0.327 e. The van der Waals surface area contributed by atoms with Crippen LogP contribution in [0.15, 0.2) is 41.8 Å². The molecular weight excluding hydrogens is 218 g/mol. The van der Waals surface area contributed by atoms with Gasteiger partial charge < -0.3 is 9.55 Å². The summed E-state index contributed by atoms with van der Waals surface area (Å²) in [6.07, 6.45) is 6.84. The van der Waals surface area contributed by atoms with Gasteiger partial charge in [-0.25, -0.2) is 14.8 Å². The zero-order valence-electron chi connectivity index (χ0n) is 8.87. The molecule has 1 aromatic heterocycles. The first-order valence-corrected chi connectivity index (χ1v) is 5.12. The average molecular weight is 227 g/mol. The molecule has 0 saturated carbocycles. The predicted molar refractivity (Wildman–Crippen MR) is 60.6 cm³/mol. The van der Waals surface area contributed by atoms with Crippen LogP contribution in [0.3, 0.4) is 0 Å². The summed E-state index contributed by atoms with van der Waals surface area (Å²) >= 11 is 0. The average Bonchev–Trinajstić information content (AvgIpc) is 2.72. The fourth-order valence-electron chi connectivity index (χ4n) is 1.74. The van der Waals surface area contributed by atoms with E-state index in [1.807, 2.05) is 22.9 Å². The lowest BCUT2D eigenvalue weighted by atomic mass is 10.3. The third-order valence-corrected chi connectivity index (χ3v) is 2.46. The van der Waals surface area contributed by atoms with E-state index in [9.17, 15) is 4.79 Å². The molecule has 1 N–H and O–H groups in total. The van der Waals surface area contributed by atoms with Crippen LogP contribution in [-0.4, -0.2) is 24.5 Å². The Balaban J connectivity index is 2.04. The Labute approximate surface area is 96.3 Å². The van der Waals surface area contributed by atoms with Crippen molar-refractivity contribution < 1.29 is 0 Å². The van der Waals surface area contributed by atoms with Gasteiger partial charge in [0, 0.05) is 24.2 Å². The summed E-state index contributed by atoms with van der Waals surface area (Å²) in [6, 6.07) is 3.69.